The van der Waals surface area contributed by atoms with E-state index in [-0.39, 0.29) is 11.1 Å². The summed E-state index contributed by atoms with van der Waals surface area (Å²) in [7, 11) is 0. The van der Waals surface area contributed by atoms with Crippen molar-refractivity contribution in [3.63, 3.8) is 0 Å². The van der Waals surface area contributed by atoms with Crippen LogP contribution in [0.2, 0.25) is 5.15 Å². The fourth-order valence-corrected chi connectivity index (χ4v) is 2.38. The molecule has 2 rings (SSSR count). The predicted octanol–water partition coefficient (Wildman–Crippen LogP) is 4.47. The zero-order chi connectivity index (χ0) is 13.8. The quantitative estimate of drug-likeness (QED) is 0.651. The van der Waals surface area contributed by atoms with Crippen LogP contribution in [-0.4, -0.2) is 17.1 Å². The van der Waals surface area contributed by atoms with E-state index < -0.39 is 0 Å². The third-order valence-electron chi connectivity index (χ3n) is 2.40. The van der Waals surface area contributed by atoms with Gasteiger partial charge in [0.1, 0.15) is 5.15 Å². The molecule has 19 heavy (non-hydrogen) atoms. The minimum atomic E-state index is -0.282. The second-order valence-corrected chi connectivity index (χ2v) is 5.83. The molecule has 0 saturated heterocycles. The van der Waals surface area contributed by atoms with Crippen LogP contribution >= 0.6 is 39.3 Å². The van der Waals surface area contributed by atoms with Crippen LogP contribution in [0.5, 0.6) is 0 Å². The van der Waals surface area contributed by atoms with E-state index in [2.05, 4.69) is 26.2 Å². The molecule has 6 heteroatoms. The minimum Gasteiger partial charge on any atom is -0.322 e. The summed E-state index contributed by atoms with van der Waals surface area (Å²) >= 11 is 10.8. The number of aromatic nitrogens is 1. The Bertz CT molecular complexity index is 604. The van der Waals surface area contributed by atoms with Gasteiger partial charge in [0.2, 0.25) is 0 Å². The first-order valence-corrected chi connectivity index (χ1v) is 7.76. The number of pyridine rings is 1. The van der Waals surface area contributed by atoms with E-state index in [4.69, 9.17) is 11.6 Å². The first-order valence-electron chi connectivity index (χ1n) is 5.36. The number of thioether (sulfide) groups is 1. The van der Waals surface area contributed by atoms with E-state index in [1.807, 2.05) is 30.5 Å². The van der Waals surface area contributed by atoms with Gasteiger partial charge in [0.15, 0.2) is 0 Å². The number of carbonyl (C=O) groups is 1. The van der Waals surface area contributed by atoms with E-state index in [0.29, 0.717) is 10.0 Å². The number of hydrogen-bond donors (Lipinski definition) is 1. The molecular weight excluding hydrogens is 348 g/mol. The number of amides is 1. The van der Waals surface area contributed by atoms with Crippen molar-refractivity contribution in [1.29, 1.82) is 0 Å². The van der Waals surface area contributed by atoms with Gasteiger partial charge < -0.3 is 5.32 Å². The van der Waals surface area contributed by atoms with Crippen molar-refractivity contribution in [1.82, 2.24) is 4.98 Å². The van der Waals surface area contributed by atoms with Crippen LogP contribution < -0.4 is 5.32 Å². The molecule has 0 atom stereocenters. The summed E-state index contributed by atoms with van der Waals surface area (Å²) in [5.41, 5.74) is 1.06. The molecule has 1 aromatic carbocycles. The Kier molecular flexibility index (Phi) is 4.85. The second-order valence-electron chi connectivity index (χ2n) is 3.67. The Labute approximate surface area is 128 Å². The number of rotatable bonds is 3. The van der Waals surface area contributed by atoms with Crippen molar-refractivity contribution < 1.29 is 4.79 Å². The summed E-state index contributed by atoms with van der Waals surface area (Å²) < 4.78 is 0.708. The number of benzene rings is 1. The molecule has 0 bridgehead atoms. The topological polar surface area (TPSA) is 42.0 Å². The molecule has 0 radical (unpaired) electrons. The highest BCUT2D eigenvalue weighted by atomic mass is 79.9. The van der Waals surface area contributed by atoms with Gasteiger partial charge in [-0.1, -0.05) is 11.6 Å². The number of carbonyl (C=O) groups excluding carboxylic acids is 1. The zero-order valence-electron chi connectivity index (χ0n) is 9.98. The molecule has 0 aliphatic rings. The molecule has 98 valence electrons. The molecular formula is C13H10BrClN2OS. The highest BCUT2D eigenvalue weighted by Crippen LogP contribution is 2.21. The largest absolute Gasteiger partial charge is 0.322 e. The lowest BCUT2D eigenvalue weighted by Crippen LogP contribution is -2.13. The van der Waals surface area contributed by atoms with Crippen LogP contribution in [0.1, 0.15) is 10.4 Å². The van der Waals surface area contributed by atoms with Gasteiger partial charge in [-0.3, -0.25) is 4.79 Å². The number of nitrogens with one attached hydrogen (secondary N) is 1. The summed E-state index contributed by atoms with van der Waals surface area (Å²) in [6.45, 7) is 0. The van der Waals surface area contributed by atoms with Crippen LogP contribution in [0, 0.1) is 0 Å². The van der Waals surface area contributed by atoms with Crippen molar-refractivity contribution in [3.05, 3.63) is 51.7 Å². The zero-order valence-corrected chi connectivity index (χ0v) is 13.1. The molecule has 0 aliphatic carbocycles. The van der Waals surface area contributed by atoms with Gasteiger partial charge in [-0.15, -0.1) is 11.8 Å². The van der Waals surface area contributed by atoms with Gasteiger partial charge in [0, 0.05) is 21.3 Å². The van der Waals surface area contributed by atoms with Gasteiger partial charge in [-0.05, 0) is 52.5 Å². The molecule has 1 aromatic heterocycles. The minimum absolute atomic E-state index is 0.182. The Morgan fingerprint density at radius 3 is 2.68 bits per heavy atom. The maximum absolute atomic E-state index is 12.1. The molecule has 1 heterocycles. The fourth-order valence-electron chi connectivity index (χ4n) is 1.45. The van der Waals surface area contributed by atoms with Crippen molar-refractivity contribution in [2.24, 2.45) is 0 Å². The Balaban J connectivity index is 2.18. The Morgan fingerprint density at radius 2 is 2.05 bits per heavy atom. The number of halogens is 2. The van der Waals surface area contributed by atoms with Crippen LogP contribution in [0.4, 0.5) is 5.69 Å². The van der Waals surface area contributed by atoms with Crippen molar-refractivity contribution in [3.8, 4) is 0 Å². The summed E-state index contributed by atoms with van der Waals surface area (Å²) in [5, 5.41) is 2.97. The van der Waals surface area contributed by atoms with Crippen LogP contribution in [0.3, 0.4) is 0 Å². The molecule has 1 N–H and O–H groups in total. The molecule has 0 aliphatic heterocycles. The molecule has 0 spiro atoms. The monoisotopic (exact) mass is 356 g/mol. The molecule has 0 unspecified atom stereocenters. The first kappa shape index (κ1) is 14.4. The summed E-state index contributed by atoms with van der Waals surface area (Å²) in [6.07, 6.45) is 3.55. The van der Waals surface area contributed by atoms with Crippen molar-refractivity contribution in [2.45, 2.75) is 4.90 Å². The number of hydrogen-bond acceptors (Lipinski definition) is 3. The molecule has 3 nitrogen and oxygen atoms in total. The second kappa shape index (κ2) is 6.41. The van der Waals surface area contributed by atoms with E-state index >= 15 is 0 Å². The van der Waals surface area contributed by atoms with E-state index in [0.717, 1.165) is 10.6 Å². The van der Waals surface area contributed by atoms with Gasteiger partial charge >= 0.3 is 0 Å². The fraction of sp³-hybridized carbons (Fsp3) is 0.0769. The standard InChI is InChI=1S/C13H10BrClN2OS/c1-19-10-4-2-9(3-5-10)17-13(18)11-6-8(14)7-16-12(11)15/h2-7H,1H3,(H,17,18). The lowest BCUT2D eigenvalue weighted by Gasteiger charge is -2.07. The van der Waals surface area contributed by atoms with Crippen LogP contribution in [0.15, 0.2) is 45.9 Å². The molecule has 2 aromatic rings. The maximum atomic E-state index is 12.1. The van der Waals surface area contributed by atoms with Gasteiger partial charge in [0.05, 0.1) is 5.56 Å². The van der Waals surface area contributed by atoms with Crippen LogP contribution in [-0.2, 0) is 0 Å². The Hall–Kier alpha value is -1.04. The average Bonchev–Trinajstić information content (AvgIpc) is 2.42. The maximum Gasteiger partial charge on any atom is 0.258 e. The third kappa shape index (κ3) is 3.72. The summed E-state index contributed by atoms with van der Waals surface area (Å²) in [4.78, 5) is 17.1. The lowest BCUT2D eigenvalue weighted by molar-refractivity contribution is 0.102. The number of anilines is 1. The van der Waals surface area contributed by atoms with Gasteiger partial charge in [0.25, 0.3) is 5.91 Å². The molecule has 1 amide bonds. The van der Waals surface area contributed by atoms with Crippen molar-refractivity contribution >= 4 is 50.9 Å². The van der Waals surface area contributed by atoms with Gasteiger partial charge in [-0.25, -0.2) is 4.98 Å². The smallest absolute Gasteiger partial charge is 0.258 e. The highest BCUT2D eigenvalue weighted by Gasteiger charge is 2.12. The lowest BCUT2D eigenvalue weighted by atomic mass is 10.2. The molecule has 0 fully saturated rings. The van der Waals surface area contributed by atoms with Gasteiger partial charge in [-0.2, -0.15) is 0 Å². The molecule has 0 saturated carbocycles. The Morgan fingerprint density at radius 1 is 1.37 bits per heavy atom. The van der Waals surface area contributed by atoms with Crippen molar-refractivity contribution in [2.75, 3.05) is 11.6 Å². The first-order chi connectivity index (χ1) is 9.10. The third-order valence-corrected chi connectivity index (χ3v) is 3.88. The SMILES string of the molecule is CSc1ccc(NC(=O)c2cc(Br)cnc2Cl)cc1. The van der Waals surface area contributed by atoms with Crippen LogP contribution in [0.25, 0.3) is 0 Å². The average molecular weight is 358 g/mol. The predicted molar refractivity (Wildman–Crippen MR) is 83.1 cm³/mol. The van der Waals surface area contributed by atoms with E-state index in [1.165, 1.54) is 0 Å². The normalized spacial score (nSPS) is 10.3. The number of nitrogens with zero attached hydrogens (tertiary/aromatic N) is 1. The highest BCUT2D eigenvalue weighted by molar-refractivity contribution is 9.10. The van der Waals surface area contributed by atoms with E-state index in [1.54, 1.807) is 24.0 Å². The summed E-state index contributed by atoms with van der Waals surface area (Å²) in [6, 6.07) is 9.23. The summed E-state index contributed by atoms with van der Waals surface area (Å²) in [5.74, 6) is -0.282. The van der Waals surface area contributed by atoms with E-state index in [9.17, 15) is 4.79 Å².